The lowest BCUT2D eigenvalue weighted by Crippen LogP contribution is -2.58. The molecule has 0 aromatic carbocycles. The number of carbonyl (C=O) groups excluding carboxylic acids is 3. The van der Waals surface area contributed by atoms with Crippen molar-refractivity contribution in [3.8, 4) is 0 Å². The number of esters is 1. The highest BCUT2D eigenvalue weighted by Crippen LogP contribution is 2.30. The molecule has 8 rings (SSSR count). The molecule has 2 saturated heterocycles. The Kier molecular flexibility index (Phi) is 12.1. The lowest BCUT2D eigenvalue weighted by Gasteiger charge is -2.39. The van der Waals surface area contributed by atoms with Gasteiger partial charge in [-0.15, -0.1) is 22.7 Å². The van der Waals surface area contributed by atoms with Gasteiger partial charge in [-0.1, -0.05) is 12.1 Å². The molecule has 0 radical (unpaired) electrons. The van der Waals surface area contributed by atoms with Crippen molar-refractivity contribution in [2.45, 2.75) is 78.6 Å². The van der Waals surface area contributed by atoms with Crippen LogP contribution in [-0.4, -0.2) is 105 Å². The van der Waals surface area contributed by atoms with Gasteiger partial charge in [-0.3, -0.25) is 24.4 Å². The van der Waals surface area contributed by atoms with Crippen LogP contribution in [0.5, 0.6) is 0 Å². The number of aryl methyl sites for hydroxylation is 2. The first-order chi connectivity index (χ1) is 28.1. The van der Waals surface area contributed by atoms with Gasteiger partial charge < -0.3 is 30.9 Å². The predicted octanol–water partition coefficient (Wildman–Crippen LogP) is 5.51. The highest BCUT2D eigenvalue weighted by molar-refractivity contribution is 7.19. The number of rotatable bonds is 10. The van der Waals surface area contributed by atoms with Crippen molar-refractivity contribution in [2.75, 3.05) is 36.8 Å². The third-order valence-corrected chi connectivity index (χ3v) is 11.3. The van der Waals surface area contributed by atoms with E-state index in [0.717, 1.165) is 21.4 Å². The van der Waals surface area contributed by atoms with Crippen LogP contribution in [0.1, 0.15) is 95.5 Å². The van der Waals surface area contributed by atoms with Gasteiger partial charge >= 0.3 is 5.97 Å². The van der Waals surface area contributed by atoms with Gasteiger partial charge in [0, 0.05) is 50.5 Å². The molecule has 6 aromatic rings. The number of anilines is 2. The molecule has 0 saturated carbocycles. The molecule has 8 heterocycles. The van der Waals surface area contributed by atoms with E-state index in [9.17, 15) is 14.4 Å². The third kappa shape index (κ3) is 9.92. The fraction of sp³-hybridized carbons (Fsp3) is 0.425. The largest absolute Gasteiger partial charge is 0.460 e. The summed E-state index contributed by atoms with van der Waals surface area (Å²) >= 11 is 2.83. The van der Waals surface area contributed by atoms with Crippen LogP contribution in [-0.2, 0) is 9.53 Å². The molecule has 17 nitrogen and oxygen atoms in total. The molecule has 19 heteroatoms. The van der Waals surface area contributed by atoms with Gasteiger partial charge in [0.15, 0.2) is 22.7 Å². The normalized spacial score (nSPS) is 15.5. The maximum atomic E-state index is 13.3. The van der Waals surface area contributed by atoms with Crippen molar-refractivity contribution >= 4 is 73.0 Å². The molecule has 2 aliphatic heterocycles. The number of nitrogens with zero attached hydrogens (tertiary/aromatic N) is 10. The number of carbonyl (C=O) groups is 3. The Bertz CT molecular complexity index is 2460. The summed E-state index contributed by atoms with van der Waals surface area (Å²) in [5.74, 6) is 0.244. The van der Waals surface area contributed by atoms with Gasteiger partial charge in [-0.2, -0.15) is 9.97 Å². The maximum absolute atomic E-state index is 13.3. The van der Waals surface area contributed by atoms with E-state index in [1.165, 1.54) is 22.7 Å². The molecule has 2 aliphatic rings. The summed E-state index contributed by atoms with van der Waals surface area (Å²) in [5, 5.41) is 8.12. The fourth-order valence-electron chi connectivity index (χ4n) is 6.54. The van der Waals surface area contributed by atoms with Crippen LogP contribution in [0.4, 0.5) is 11.9 Å². The van der Waals surface area contributed by atoms with Crippen LogP contribution < -0.4 is 16.4 Å². The third-order valence-electron chi connectivity index (χ3n) is 9.40. The number of ether oxygens (including phenoxy) is 1. The number of likely N-dealkylation sites (tertiary alicyclic amines) is 2. The lowest BCUT2D eigenvalue weighted by molar-refractivity contribution is -0.157. The minimum absolute atomic E-state index is 0.0428. The van der Waals surface area contributed by atoms with Gasteiger partial charge in [0.2, 0.25) is 11.9 Å². The van der Waals surface area contributed by atoms with Gasteiger partial charge in [0.05, 0.1) is 39.9 Å². The van der Waals surface area contributed by atoms with E-state index in [-0.39, 0.29) is 41.8 Å². The van der Waals surface area contributed by atoms with Crippen molar-refractivity contribution in [1.29, 1.82) is 0 Å². The van der Waals surface area contributed by atoms with Gasteiger partial charge in [0.1, 0.15) is 15.0 Å². The molecule has 0 aliphatic carbocycles. The van der Waals surface area contributed by atoms with Crippen molar-refractivity contribution in [1.82, 2.24) is 49.7 Å². The summed E-state index contributed by atoms with van der Waals surface area (Å²) < 4.78 is 6.77. The Balaban J connectivity index is 0.000000184. The maximum Gasteiger partial charge on any atom is 0.306 e. The predicted molar refractivity (Wildman–Crippen MR) is 226 cm³/mol. The monoisotopic (exact) mass is 837 g/mol. The van der Waals surface area contributed by atoms with Crippen LogP contribution in [0.15, 0.2) is 48.8 Å². The van der Waals surface area contributed by atoms with Crippen LogP contribution in [0.3, 0.4) is 0 Å². The molecular weight excluding hydrogens is 791 g/mol. The topological polar surface area (TPSA) is 220 Å². The van der Waals surface area contributed by atoms with Crippen LogP contribution in [0.25, 0.3) is 20.7 Å². The molecule has 0 spiro atoms. The Morgan fingerprint density at radius 1 is 0.746 bits per heavy atom. The molecule has 0 unspecified atom stereocenters. The van der Waals surface area contributed by atoms with Crippen LogP contribution >= 0.6 is 22.7 Å². The summed E-state index contributed by atoms with van der Waals surface area (Å²) in [6, 6.07) is 11.2. The summed E-state index contributed by atoms with van der Waals surface area (Å²) in [5.41, 5.74) is 8.75. The first-order valence-corrected chi connectivity index (χ1v) is 20.9. The molecule has 2 amide bonds. The average Bonchev–Trinajstić information content (AvgIpc) is 3.74. The molecule has 2 atom stereocenters. The van der Waals surface area contributed by atoms with E-state index < -0.39 is 5.60 Å². The van der Waals surface area contributed by atoms with E-state index in [1.54, 1.807) is 22.2 Å². The summed E-state index contributed by atoms with van der Waals surface area (Å²) in [4.78, 5) is 77.2. The number of hydrogen-bond acceptors (Lipinski definition) is 17. The molecule has 0 bridgehead atoms. The Hall–Kier alpha value is -5.79. The number of amides is 2. The zero-order valence-corrected chi connectivity index (χ0v) is 35.6. The highest BCUT2D eigenvalue weighted by atomic mass is 32.1. The molecule has 308 valence electrons. The second kappa shape index (κ2) is 17.2. The number of aromatic nitrogens is 8. The number of nitrogens with one attached hydrogen (secondary N) is 2. The van der Waals surface area contributed by atoms with Crippen LogP contribution in [0, 0.1) is 19.8 Å². The summed E-state index contributed by atoms with van der Waals surface area (Å²) in [6.07, 6.45) is 3.77. The Morgan fingerprint density at radius 2 is 1.20 bits per heavy atom. The van der Waals surface area contributed by atoms with Gasteiger partial charge in [-0.05, 0) is 72.7 Å². The number of pyridine rings is 2. The lowest BCUT2D eigenvalue weighted by atomic mass is 9.96. The molecule has 6 aromatic heterocycles. The van der Waals surface area contributed by atoms with E-state index in [4.69, 9.17) is 10.5 Å². The number of hydrogen-bond donors (Lipinski definition) is 3. The summed E-state index contributed by atoms with van der Waals surface area (Å²) in [6.45, 7) is 15.3. The average molecular weight is 838 g/mol. The first kappa shape index (κ1) is 41.4. The zero-order chi connectivity index (χ0) is 42.0. The fourth-order valence-corrected chi connectivity index (χ4v) is 8.22. The Labute approximate surface area is 349 Å². The van der Waals surface area contributed by atoms with Crippen LogP contribution in [0.2, 0.25) is 0 Å². The minimum Gasteiger partial charge on any atom is -0.460 e. The summed E-state index contributed by atoms with van der Waals surface area (Å²) in [7, 11) is 0. The smallest absolute Gasteiger partial charge is 0.306 e. The van der Waals surface area contributed by atoms with E-state index >= 15 is 0 Å². The van der Waals surface area contributed by atoms with E-state index in [1.807, 2.05) is 84.9 Å². The second-order valence-corrected chi connectivity index (χ2v) is 18.0. The van der Waals surface area contributed by atoms with Crippen molar-refractivity contribution in [3.63, 3.8) is 0 Å². The standard InChI is InChI=1S/C23H28N6O3S.C17H19N7OS/c1-13(16-8-6-7-9-24-16)25-22-27-18(19-20(28-22)26-14(2)33-19)21(31)29-11-15(12-29)10-17(30)32-23(3,4)5;1-9(12-5-3-4-6-19-12)20-17-22-13(16(25)24-7-11(18)8-24)14-15(23-17)21-10(2)26-14/h6-9,13,15H,10-12H2,1-5H3,(H,25,27,28);3-6,9,11H,7-8,18H2,1-2H3,(H,20,22,23)/t13-;9-/m00/s1. The molecule has 4 N–H and O–H groups in total. The number of nitrogens with two attached hydrogens (primary N) is 1. The number of fused-ring (bicyclic) bond motifs is 2. The van der Waals surface area contributed by atoms with Crippen molar-refractivity contribution in [2.24, 2.45) is 11.7 Å². The van der Waals surface area contributed by atoms with Crippen molar-refractivity contribution < 1.29 is 19.1 Å². The van der Waals surface area contributed by atoms with Crippen molar-refractivity contribution in [3.05, 3.63) is 81.6 Å². The molecule has 59 heavy (non-hydrogen) atoms. The Morgan fingerprint density at radius 3 is 1.61 bits per heavy atom. The highest BCUT2D eigenvalue weighted by Gasteiger charge is 2.36. The minimum atomic E-state index is -0.511. The zero-order valence-electron chi connectivity index (χ0n) is 34.0. The first-order valence-electron chi connectivity index (χ1n) is 19.3. The number of thiazole rings is 2. The van der Waals surface area contributed by atoms with E-state index in [0.29, 0.717) is 76.6 Å². The quantitative estimate of drug-likeness (QED) is 0.145. The van der Waals surface area contributed by atoms with Gasteiger partial charge in [-0.25, -0.2) is 19.9 Å². The second-order valence-electron chi connectivity index (χ2n) is 15.6. The molecular formula is C40H47N13O4S2. The van der Waals surface area contributed by atoms with Gasteiger partial charge in [0.25, 0.3) is 11.8 Å². The molecule has 2 fully saturated rings. The van der Waals surface area contributed by atoms with E-state index in [2.05, 4.69) is 50.5 Å². The SMILES string of the molecule is Cc1nc2nc(N[C@@H](C)c3ccccn3)nc(C(=O)N3CC(CC(=O)OC(C)(C)C)C3)c2s1.Cc1nc2nc(N[C@@H](C)c3ccccn3)nc(C(=O)N3CC(N)C3)c2s1.